The summed E-state index contributed by atoms with van der Waals surface area (Å²) in [5.74, 6) is -0.748. The van der Waals surface area contributed by atoms with E-state index in [-0.39, 0.29) is 23.3 Å². The third kappa shape index (κ3) is 7.75. The number of sulfonamides is 1. The van der Waals surface area contributed by atoms with Crippen LogP contribution in [-0.2, 0) is 26.2 Å². The number of carbonyl (C=O) groups excluding carboxylic acids is 2. The summed E-state index contributed by atoms with van der Waals surface area (Å²) in [6.45, 7) is 7.22. The van der Waals surface area contributed by atoms with E-state index in [1.807, 2.05) is 20.8 Å². The Hall–Kier alpha value is -3.07. The summed E-state index contributed by atoms with van der Waals surface area (Å²) >= 11 is 12.8. The number of anilines is 1. The second kappa shape index (κ2) is 13.3. The molecule has 0 fully saturated rings. The zero-order valence-electron chi connectivity index (χ0n) is 22.4. The average molecular weight is 591 g/mol. The molecule has 0 aliphatic carbocycles. The van der Waals surface area contributed by atoms with Crippen LogP contribution in [0.15, 0.2) is 77.7 Å². The Balaban J connectivity index is 2.03. The van der Waals surface area contributed by atoms with Crippen molar-refractivity contribution in [2.45, 2.75) is 45.2 Å². The minimum Gasteiger partial charge on any atom is -0.354 e. The molecule has 1 atom stereocenters. The normalized spacial score (nSPS) is 12.2. The summed E-state index contributed by atoms with van der Waals surface area (Å²) < 4.78 is 28.6. The lowest BCUT2D eigenvalue weighted by atomic mass is 10.1. The van der Waals surface area contributed by atoms with Gasteiger partial charge in [0, 0.05) is 28.7 Å². The van der Waals surface area contributed by atoms with Crippen molar-refractivity contribution in [2.75, 3.05) is 17.4 Å². The number of carbonyl (C=O) groups is 2. The van der Waals surface area contributed by atoms with Gasteiger partial charge in [0.15, 0.2) is 0 Å². The smallest absolute Gasteiger partial charge is 0.264 e. The number of amides is 2. The van der Waals surface area contributed by atoms with E-state index in [0.29, 0.717) is 27.8 Å². The minimum absolute atomic E-state index is 0.0433. The van der Waals surface area contributed by atoms with Crippen LogP contribution in [0.1, 0.15) is 31.9 Å². The lowest BCUT2D eigenvalue weighted by Gasteiger charge is -2.32. The van der Waals surface area contributed by atoms with Gasteiger partial charge in [-0.3, -0.25) is 13.9 Å². The molecule has 0 aliphatic heterocycles. The van der Waals surface area contributed by atoms with Gasteiger partial charge < -0.3 is 10.2 Å². The van der Waals surface area contributed by atoms with Crippen molar-refractivity contribution in [1.82, 2.24) is 10.2 Å². The standard InChI is InChI=1S/C29H33Cl2N3O4S/c1-20(2)17-32-29(36)22(4)33(18-25-26(30)11-8-12-27(25)31)28(35)19-34(23-15-13-21(3)14-16-23)39(37,38)24-9-6-5-7-10-24/h5-16,20,22H,17-19H2,1-4H3,(H,32,36)/t22-/m1/s1. The number of hydrogen-bond donors (Lipinski definition) is 1. The van der Waals surface area contributed by atoms with E-state index < -0.39 is 28.5 Å². The first kappa shape index (κ1) is 30.5. The number of halogens is 2. The van der Waals surface area contributed by atoms with E-state index in [2.05, 4.69) is 5.32 Å². The van der Waals surface area contributed by atoms with Crippen LogP contribution in [0, 0.1) is 12.8 Å². The molecule has 0 aliphatic rings. The number of nitrogens with zero attached hydrogens (tertiary/aromatic N) is 2. The summed E-state index contributed by atoms with van der Waals surface area (Å²) in [7, 11) is -4.12. The van der Waals surface area contributed by atoms with Crippen molar-refractivity contribution in [3.8, 4) is 0 Å². The molecular weight excluding hydrogens is 557 g/mol. The summed E-state index contributed by atoms with van der Waals surface area (Å²) in [5.41, 5.74) is 1.73. The van der Waals surface area contributed by atoms with E-state index in [1.54, 1.807) is 67.6 Å². The van der Waals surface area contributed by atoms with Crippen molar-refractivity contribution in [2.24, 2.45) is 5.92 Å². The van der Waals surface area contributed by atoms with E-state index in [1.165, 1.54) is 17.0 Å². The van der Waals surface area contributed by atoms with Crippen LogP contribution in [-0.4, -0.2) is 44.3 Å². The molecule has 7 nitrogen and oxygen atoms in total. The highest BCUT2D eigenvalue weighted by Crippen LogP contribution is 2.28. The molecule has 10 heteroatoms. The van der Waals surface area contributed by atoms with Crippen LogP contribution < -0.4 is 9.62 Å². The van der Waals surface area contributed by atoms with Gasteiger partial charge in [-0.15, -0.1) is 0 Å². The molecule has 0 saturated heterocycles. The fourth-order valence-corrected chi connectivity index (χ4v) is 5.80. The van der Waals surface area contributed by atoms with E-state index >= 15 is 0 Å². The van der Waals surface area contributed by atoms with Gasteiger partial charge in [0.2, 0.25) is 11.8 Å². The molecule has 0 saturated carbocycles. The molecular formula is C29H33Cl2N3O4S. The lowest BCUT2D eigenvalue weighted by Crippen LogP contribution is -2.51. The maximum Gasteiger partial charge on any atom is 0.264 e. The molecule has 1 N–H and O–H groups in total. The van der Waals surface area contributed by atoms with Crippen LogP contribution in [0.3, 0.4) is 0 Å². The number of hydrogen-bond acceptors (Lipinski definition) is 4. The predicted molar refractivity (Wildman–Crippen MR) is 156 cm³/mol. The van der Waals surface area contributed by atoms with Gasteiger partial charge in [-0.2, -0.15) is 0 Å². The van der Waals surface area contributed by atoms with E-state index in [0.717, 1.165) is 9.87 Å². The van der Waals surface area contributed by atoms with Crippen LogP contribution in [0.4, 0.5) is 5.69 Å². The lowest BCUT2D eigenvalue weighted by molar-refractivity contribution is -0.139. The van der Waals surface area contributed by atoms with Crippen molar-refractivity contribution in [3.05, 3.63) is 94.0 Å². The second-order valence-corrected chi connectivity index (χ2v) is 12.4. The Morgan fingerprint density at radius 2 is 1.46 bits per heavy atom. The van der Waals surface area contributed by atoms with Crippen molar-refractivity contribution in [1.29, 1.82) is 0 Å². The Morgan fingerprint density at radius 3 is 2.03 bits per heavy atom. The third-order valence-corrected chi connectivity index (χ3v) is 8.67. The van der Waals surface area contributed by atoms with E-state index in [9.17, 15) is 18.0 Å². The molecule has 208 valence electrons. The van der Waals surface area contributed by atoms with Gasteiger partial charge in [0.25, 0.3) is 10.0 Å². The maximum absolute atomic E-state index is 13.9. The van der Waals surface area contributed by atoms with Crippen molar-refractivity contribution < 1.29 is 18.0 Å². The van der Waals surface area contributed by atoms with E-state index in [4.69, 9.17) is 23.2 Å². The first-order valence-corrected chi connectivity index (χ1v) is 14.8. The fraction of sp³-hybridized carbons (Fsp3) is 0.310. The molecule has 3 rings (SSSR count). The number of benzene rings is 3. The largest absolute Gasteiger partial charge is 0.354 e. The summed E-state index contributed by atoms with van der Waals surface area (Å²) in [6.07, 6.45) is 0. The maximum atomic E-state index is 13.9. The highest BCUT2D eigenvalue weighted by atomic mass is 35.5. The molecule has 0 bridgehead atoms. The molecule has 0 aromatic heterocycles. The Labute approximate surface area is 240 Å². The summed E-state index contributed by atoms with van der Waals surface area (Å²) in [5, 5.41) is 3.52. The van der Waals surface area contributed by atoms with Gasteiger partial charge in [0.1, 0.15) is 12.6 Å². The van der Waals surface area contributed by atoms with Gasteiger partial charge in [-0.05, 0) is 56.2 Å². The molecule has 0 spiro atoms. The van der Waals surface area contributed by atoms with Gasteiger partial charge >= 0.3 is 0 Å². The summed E-state index contributed by atoms with van der Waals surface area (Å²) in [4.78, 5) is 28.4. The first-order valence-electron chi connectivity index (χ1n) is 12.6. The molecule has 3 aromatic carbocycles. The third-order valence-electron chi connectivity index (χ3n) is 6.17. The SMILES string of the molecule is Cc1ccc(N(CC(=O)N(Cc2c(Cl)cccc2Cl)[C@H](C)C(=O)NCC(C)C)S(=O)(=O)c2ccccc2)cc1. The average Bonchev–Trinajstić information content (AvgIpc) is 2.90. The highest BCUT2D eigenvalue weighted by Gasteiger charge is 2.33. The molecule has 0 unspecified atom stereocenters. The van der Waals surface area contributed by atoms with Gasteiger partial charge in [-0.25, -0.2) is 8.42 Å². The highest BCUT2D eigenvalue weighted by molar-refractivity contribution is 7.92. The first-order chi connectivity index (χ1) is 18.4. The van der Waals surface area contributed by atoms with Crippen LogP contribution >= 0.6 is 23.2 Å². The van der Waals surface area contributed by atoms with Crippen LogP contribution in [0.2, 0.25) is 10.0 Å². The van der Waals surface area contributed by atoms with Crippen LogP contribution in [0.5, 0.6) is 0 Å². The zero-order chi connectivity index (χ0) is 28.7. The minimum atomic E-state index is -4.12. The Morgan fingerprint density at radius 1 is 0.872 bits per heavy atom. The fourth-order valence-electron chi connectivity index (χ4n) is 3.85. The molecule has 3 aromatic rings. The second-order valence-electron chi connectivity index (χ2n) is 9.70. The molecule has 39 heavy (non-hydrogen) atoms. The molecule has 0 heterocycles. The monoisotopic (exact) mass is 589 g/mol. The Bertz CT molecular complexity index is 1380. The molecule has 2 amide bonds. The number of aryl methyl sites for hydroxylation is 1. The number of nitrogens with one attached hydrogen (secondary N) is 1. The quantitative estimate of drug-likeness (QED) is 0.311. The van der Waals surface area contributed by atoms with Crippen molar-refractivity contribution >= 4 is 50.7 Å². The van der Waals surface area contributed by atoms with Crippen LogP contribution in [0.25, 0.3) is 0 Å². The predicted octanol–water partition coefficient (Wildman–Crippen LogP) is 5.69. The number of rotatable bonds is 11. The van der Waals surface area contributed by atoms with Gasteiger partial charge in [-0.1, -0.05) is 79.0 Å². The zero-order valence-corrected chi connectivity index (χ0v) is 24.7. The Kier molecular flexibility index (Phi) is 10.4. The molecule has 0 radical (unpaired) electrons. The van der Waals surface area contributed by atoms with Gasteiger partial charge in [0.05, 0.1) is 10.6 Å². The van der Waals surface area contributed by atoms with Crippen molar-refractivity contribution in [3.63, 3.8) is 0 Å². The topological polar surface area (TPSA) is 86.8 Å². The summed E-state index contributed by atoms with van der Waals surface area (Å²) in [6, 6.07) is 18.8.